The van der Waals surface area contributed by atoms with Gasteiger partial charge < -0.3 is 16.8 Å². The average Bonchev–Trinajstić information content (AvgIpc) is 2.87. The Hall–Kier alpha value is -3.01. The third-order valence-corrected chi connectivity index (χ3v) is 3.24. The normalized spacial score (nSPS) is 11.2. The Morgan fingerprint density at radius 1 is 1.41 bits per heavy atom. The number of guanidine groups is 1. The summed E-state index contributed by atoms with van der Waals surface area (Å²) in [6.45, 7) is 0.659. The molecular formula is C15H19N7. The zero-order chi connectivity index (χ0) is 15.9. The van der Waals surface area contributed by atoms with Crippen LogP contribution in [0, 0.1) is 11.3 Å². The number of rotatable bonds is 5. The van der Waals surface area contributed by atoms with Gasteiger partial charge in [-0.15, -0.1) is 0 Å². The van der Waals surface area contributed by atoms with Crippen LogP contribution in [-0.2, 0) is 6.42 Å². The van der Waals surface area contributed by atoms with Crippen LogP contribution in [0.25, 0.3) is 5.69 Å². The highest BCUT2D eigenvalue weighted by Gasteiger charge is 2.15. The fourth-order valence-corrected chi connectivity index (χ4v) is 2.09. The van der Waals surface area contributed by atoms with Crippen molar-refractivity contribution in [1.82, 2.24) is 15.1 Å². The van der Waals surface area contributed by atoms with E-state index in [0.717, 1.165) is 12.1 Å². The Kier molecular flexibility index (Phi) is 4.98. The lowest BCUT2D eigenvalue weighted by Gasteiger charge is -2.03. The molecule has 0 saturated carbocycles. The average molecular weight is 297 g/mol. The number of nitrogens with zero attached hydrogens (tertiary/aromatic N) is 4. The molecule has 0 aliphatic heterocycles. The Labute approximate surface area is 129 Å². The molecule has 2 rings (SSSR count). The minimum atomic E-state index is 0.367. The summed E-state index contributed by atoms with van der Waals surface area (Å²) in [6.07, 6.45) is 1.41. The number of aryl methyl sites for hydroxylation is 1. The van der Waals surface area contributed by atoms with Crippen molar-refractivity contribution in [3.63, 3.8) is 0 Å². The van der Waals surface area contributed by atoms with Crippen LogP contribution in [0.1, 0.15) is 17.7 Å². The van der Waals surface area contributed by atoms with Crippen molar-refractivity contribution in [2.45, 2.75) is 12.8 Å². The van der Waals surface area contributed by atoms with Crippen LogP contribution < -0.4 is 16.8 Å². The smallest absolute Gasteiger partial charge is 0.188 e. The number of nitrogens with one attached hydrogen (secondary N) is 1. The fourth-order valence-electron chi connectivity index (χ4n) is 2.09. The van der Waals surface area contributed by atoms with Crippen LogP contribution in [0.4, 0.5) is 5.82 Å². The number of hydrogen-bond acceptors (Lipinski definition) is 4. The molecular weight excluding hydrogens is 278 g/mol. The van der Waals surface area contributed by atoms with Gasteiger partial charge in [0.2, 0.25) is 0 Å². The van der Waals surface area contributed by atoms with Gasteiger partial charge in [-0.1, -0.05) is 18.2 Å². The van der Waals surface area contributed by atoms with Gasteiger partial charge in [0.05, 0.1) is 11.4 Å². The first-order valence-corrected chi connectivity index (χ1v) is 6.96. The lowest BCUT2D eigenvalue weighted by Crippen LogP contribution is -2.32. The molecule has 7 nitrogen and oxygen atoms in total. The SMILES string of the molecule is CN=C(N)NCCCc1nn(-c2ccccc2)c(N)c1C#N. The van der Waals surface area contributed by atoms with Crippen molar-refractivity contribution in [1.29, 1.82) is 5.26 Å². The summed E-state index contributed by atoms with van der Waals surface area (Å²) in [5.41, 5.74) is 13.6. The number of anilines is 1. The molecule has 0 unspecified atom stereocenters. The van der Waals surface area contributed by atoms with Crippen molar-refractivity contribution in [2.75, 3.05) is 19.3 Å². The van der Waals surface area contributed by atoms with E-state index in [1.54, 1.807) is 11.7 Å². The van der Waals surface area contributed by atoms with Crippen LogP contribution in [-0.4, -0.2) is 29.3 Å². The van der Waals surface area contributed by atoms with Crippen LogP contribution in [0.5, 0.6) is 0 Å². The van der Waals surface area contributed by atoms with Gasteiger partial charge in [-0.05, 0) is 25.0 Å². The Balaban J connectivity index is 2.14. The largest absolute Gasteiger partial charge is 0.382 e. The monoisotopic (exact) mass is 297 g/mol. The van der Waals surface area contributed by atoms with Crippen molar-refractivity contribution < 1.29 is 0 Å². The van der Waals surface area contributed by atoms with Gasteiger partial charge in [0.1, 0.15) is 17.5 Å². The van der Waals surface area contributed by atoms with E-state index in [0.29, 0.717) is 36.0 Å². The predicted octanol–water partition coefficient (Wildman–Crippen LogP) is 0.793. The van der Waals surface area contributed by atoms with E-state index in [4.69, 9.17) is 11.5 Å². The Morgan fingerprint density at radius 3 is 2.77 bits per heavy atom. The van der Waals surface area contributed by atoms with E-state index >= 15 is 0 Å². The van der Waals surface area contributed by atoms with Gasteiger partial charge in [0, 0.05) is 13.6 Å². The van der Waals surface area contributed by atoms with Gasteiger partial charge in [-0.25, -0.2) is 4.68 Å². The fraction of sp³-hybridized carbons (Fsp3) is 0.267. The maximum atomic E-state index is 9.30. The molecule has 2 aromatic rings. The lowest BCUT2D eigenvalue weighted by molar-refractivity contribution is 0.738. The summed E-state index contributed by atoms with van der Waals surface area (Å²) in [5.74, 6) is 0.765. The predicted molar refractivity (Wildman–Crippen MR) is 86.6 cm³/mol. The van der Waals surface area contributed by atoms with Crippen molar-refractivity contribution >= 4 is 11.8 Å². The third kappa shape index (κ3) is 3.35. The lowest BCUT2D eigenvalue weighted by atomic mass is 10.1. The van der Waals surface area contributed by atoms with Crippen molar-refractivity contribution in [3.8, 4) is 11.8 Å². The first-order valence-electron chi connectivity index (χ1n) is 6.96. The van der Waals surface area contributed by atoms with Gasteiger partial charge >= 0.3 is 0 Å². The van der Waals surface area contributed by atoms with Crippen LogP contribution >= 0.6 is 0 Å². The molecule has 0 spiro atoms. The molecule has 0 amide bonds. The Morgan fingerprint density at radius 2 is 2.14 bits per heavy atom. The van der Waals surface area contributed by atoms with Crippen molar-refractivity contribution in [3.05, 3.63) is 41.6 Å². The summed E-state index contributed by atoms with van der Waals surface area (Å²) in [7, 11) is 1.62. The maximum absolute atomic E-state index is 9.30. The number of aromatic nitrogens is 2. The first-order chi connectivity index (χ1) is 10.7. The van der Waals surface area contributed by atoms with Gasteiger partial charge in [-0.3, -0.25) is 4.99 Å². The standard InChI is InChI=1S/C15H19N7/c1-19-15(18)20-9-5-8-13-12(10-16)14(17)22(21-13)11-6-3-2-4-7-11/h2-4,6-7H,5,8-9,17H2,1H3,(H3,18,19,20). The second kappa shape index (κ2) is 7.13. The molecule has 114 valence electrons. The van der Waals surface area contributed by atoms with Gasteiger partial charge in [-0.2, -0.15) is 10.4 Å². The molecule has 0 radical (unpaired) electrons. The van der Waals surface area contributed by atoms with Gasteiger partial charge in [0.25, 0.3) is 0 Å². The Bertz CT molecular complexity index is 695. The number of nitrogens with two attached hydrogens (primary N) is 2. The number of nitriles is 1. The second-order valence-electron chi connectivity index (χ2n) is 4.71. The number of para-hydroxylation sites is 1. The minimum absolute atomic E-state index is 0.367. The summed E-state index contributed by atoms with van der Waals surface area (Å²) in [6, 6.07) is 11.7. The molecule has 5 N–H and O–H groups in total. The number of aliphatic imine (C=N–C) groups is 1. The zero-order valence-corrected chi connectivity index (χ0v) is 12.5. The minimum Gasteiger partial charge on any atom is -0.382 e. The molecule has 1 aromatic carbocycles. The summed E-state index contributed by atoms with van der Waals surface area (Å²) >= 11 is 0. The molecule has 22 heavy (non-hydrogen) atoms. The highest BCUT2D eigenvalue weighted by molar-refractivity contribution is 5.77. The zero-order valence-electron chi connectivity index (χ0n) is 12.5. The number of benzene rings is 1. The van der Waals surface area contributed by atoms with Gasteiger partial charge in [0.15, 0.2) is 5.96 Å². The highest BCUT2D eigenvalue weighted by atomic mass is 15.3. The van der Waals surface area contributed by atoms with Crippen molar-refractivity contribution in [2.24, 2.45) is 10.7 Å². The quantitative estimate of drug-likeness (QED) is 0.428. The highest BCUT2D eigenvalue weighted by Crippen LogP contribution is 2.21. The van der Waals surface area contributed by atoms with Crippen LogP contribution in [0.2, 0.25) is 0 Å². The van der Waals surface area contributed by atoms with E-state index in [-0.39, 0.29) is 0 Å². The maximum Gasteiger partial charge on any atom is 0.188 e. The van der Waals surface area contributed by atoms with E-state index in [9.17, 15) is 5.26 Å². The molecule has 0 fully saturated rings. The first kappa shape index (κ1) is 15.4. The molecule has 7 heteroatoms. The summed E-state index contributed by atoms with van der Waals surface area (Å²) < 4.78 is 1.60. The summed E-state index contributed by atoms with van der Waals surface area (Å²) in [5, 5.41) is 16.7. The van der Waals surface area contributed by atoms with E-state index in [1.165, 1.54) is 0 Å². The van der Waals surface area contributed by atoms with Crippen LogP contribution in [0.15, 0.2) is 35.3 Å². The molecule has 1 aromatic heterocycles. The second-order valence-corrected chi connectivity index (χ2v) is 4.71. The van der Waals surface area contributed by atoms with E-state index in [1.807, 2.05) is 30.3 Å². The molecule has 0 aliphatic carbocycles. The van der Waals surface area contributed by atoms with Crippen LogP contribution in [0.3, 0.4) is 0 Å². The van der Waals surface area contributed by atoms with E-state index < -0.39 is 0 Å². The molecule has 0 atom stereocenters. The summed E-state index contributed by atoms with van der Waals surface area (Å²) in [4.78, 5) is 3.82. The van der Waals surface area contributed by atoms with E-state index in [2.05, 4.69) is 21.5 Å². The molecule has 0 bridgehead atoms. The molecule has 0 aliphatic rings. The molecule has 0 saturated heterocycles. The third-order valence-electron chi connectivity index (χ3n) is 3.24. The molecule has 1 heterocycles. The number of nitrogen functional groups attached to an aromatic ring is 1. The number of hydrogen-bond donors (Lipinski definition) is 3. The topological polar surface area (TPSA) is 118 Å².